The second-order valence-electron chi connectivity index (χ2n) is 5.94. The molecule has 0 aromatic heterocycles. The maximum Gasteiger partial charge on any atom is 0.170 e. The normalized spacial score (nSPS) is 13.6. The summed E-state index contributed by atoms with van der Waals surface area (Å²) in [5.41, 5.74) is 1.80. The Labute approximate surface area is 138 Å². The zero-order chi connectivity index (χ0) is 16.8. The molecule has 1 unspecified atom stereocenters. The van der Waals surface area contributed by atoms with E-state index in [9.17, 15) is 4.79 Å². The van der Waals surface area contributed by atoms with Crippen LogP contribution in [-0.4, -0.2) is 31.0 Å². The van der Waals surface area contributed by atoms with Gasteiger partial charge in [0, 0.05) is 11.5 Å². The Hall–Kier alpha value is -2.13. The minimum atomic E-state index is -0.0938. The highest BCUT2D eigenvalue weighted by Gasteiger charge is 2.20. The lowest BCUT2D eigenvalue weighted by atomic mass is 9.89. The first kappa shape index (κ1) is 17.2. The number of ketones is 1. The number of carbonyl (C=O) groups excluding carboxylic acids is 1. The van der Waals surface area contributed by atoms with Gasteiger partial charge in [-0.25, -0.2) is 0 Å². The lowest BCUT2D eigenvalue weighted by molar-refractivity contribution is 0.0815. The lowest BCUT2D eigenvalue weighted by Gasteiger charge is -2.21. The fraction of sp³-hybridized carbons (Fsp3) is 0.350. The summed E-state index contributed by atoms with van der Waals surface area (Å²) in [6, 6.07) is 17.4. The van der Waals surface area contributed by atoms with Crippen LogP contribution in [0.4, 0.5) is 0 Å². The molecule has 0 heterocycles. The summed E-state index contributed by atoms with van der Waals surface area (Å²) >= 11 is 0. The average Bonchev–Trinajstić information content (AvgIpc) is 2.57. The van der Waals surface area contributed by atoms with Crippen LogP contribution in [0.25, 0.3) is 0 Å². The monoisotopic (exact) mass is 311 g/mol. The summed E-state index contributed by atoms with van der Waals surface area (Å²) in [6.07, 6.45) is 0.780. The average molecular weight is 311 g/mol. The highest BCUT2D eigenvalue weighted by atomic mass is 16.5. The highest BCUT2D eigenvalue weighted by Crippen LogP contribution is 2.25. The molecule has 0 N–H and O–H groups in total. The van der Waals surface area contributed by atoms with E-state index in [1.165, 1.54) is 0 Å². The SMILES string of the molecule is CCC(C(=O)c1ccc(O[C@@H](C)N(C)C)cc1)c1ccccc1. The van der Waals surface area contributed by atoms with E-state index >= 15 is 0 Å². The van der Waals surface area contributed by atoms with Crippen LogP contribution in [0, 0.1) is 0 Å². The van der Waals surface area contributed by atoms with Crippen molar-refractivity contribution in [3.05, 3.63) is 65.7 Å². The molecule has 122 valence electrons. The molecule has 2 atom stereocenters. The van der Waals surface area contributed by atoms with Crippen molar-refractivity contribution in [2.24, 2.45) is 0 Å². The number of Topliss-reactive ketones (excluding diaryl/α,β-unsaturated/α-hetero) is 1. The second-order valence-corrected chi connectivity index (χ2v) is 5.94. The predicted octanol–water partition coefficient (Wildman–Crippen LogP) is 4.35. The van der Waals surface area contributed by atoms with Crippen LogP contribution in [0.3, 0.4) is 0 Å². The fourth-order valence-electron chi connectivity index (χ4n) is 2.46. The largest absolute Gasteiger partial charge is 0.475 e. The smallest absolute Gasteiger partial charge is 0.170 e. The molecule has 2 aromatic carbocycles. The molecule has 0 aliphatic rings. The first-order valence-corrected chi connectivity index (χ1v) is 8.05. The molecule has 2 rings (SSSR count). The van der Waals surface area contributed by atoms with Crippen LogP contribution < -0.4 is 4.74 Å². The maximum atomic E-state index is 12.8. The van der Waals surface area contributed by atoms with Crippen LogP contribution in [-0.2, 0) is 0 Å². The minimum absolute atomic E-state index is 0.00994. The van der Waals surface area contributed by atoms with Crippen LogP contribution >= 0.6 is 0 Å². The van der Waals surface area contributed by atoms with E-state index in [0.717, 1.165) is 23.3 Å². The van der Waals surface area contributed by atoms with Gasteiger partial charge in [0.1, 0.15) is 12.0 Å². The summed E-state index contributed by atoms with van der Waals surface area (Å²) < 4.78 is 5.80. The highest BCUT2D eigenvalue weighted by molar-refractivity contribution is 6.01. The molecule has 0 fully saturated rings. The van der Waals surface area contributed by atoms with E-state index in [1.807, 2.05) is 87.4 Å². The summed E-state index contributed by atoms with van der Waals surface area (Å²) in [7, 11) is 3.93. The molecule has 0 radical (unpaired) electrons. The third kappa shape index (κ3) is 4.42. The fourth-order valence-corrected chi connectivity index (χ4v) is 2.46. The van der Waals surface area contributed by atoms with Crippen molar-refractivity contribution >= 4 is 5.78 Å². The predicted molar refractivity (Wildman–Crippen MR) is 94.0 cm³/mol. The molecule has 0 amide bonds. The molecular weight excluding hydrogens is 286 g/mol. The van der Waals surface area contributed by atoms with E-state index in [4.69, 9.17) is 4.74 Å². The Bertz CT molecular complexity index is 620. The van der Waals surface area contributed by atoms with E-state index in [2.05, 4.69) is 0 Å². The van der Waals surface area contributed by atoms with Gasteiger partial charge in [-0.1, -0.05) is 37.3 Å². The van der Waals surface area contributed by atoms with Gasteiger partial charge in [-0.05, 0) is 57.3 Å². The topological polar surface area (TPSA) is 29.5 Å². The van der Waals surface area contributed by atoms with Crippen molar-refractivity contribution in [1.29, 1.82) is 0 Å². The number of hydrogen-bond donors (Lipinski definition) is 0. The van der Waals surface area contributed by atoms with Crippen molar-refractivity contribution < 1.29 is 9.53 Å². The van der Waals surface area contributed by atoms with Gasteiger partial charge in [0.05, 0.1) is 0 Å². The van der Waals surface area contributed by atoms with Crippen LogP contribution in [0.5, 0.6) is 5.75 Å². The van der Waals surface area contributed by atoms with Gasteiger partial charge in [-0.2, -0.15) is 0 Å². The third-order valence-corrected chi connectivity index (χ3v) is 4.10. The Morgan fingerprint density at radius 2 is 1.65 bits per heavy atom. The van der Waals surface area contributed by atoms with Crippen molar-refractivity contribution in [2.45, 2.75) is 32.4 Å². The van der Waals surface area contributed by atoms with Crippen LogP contribution in [0.2, 0.25) is 0 Å². The quantitative estimate of drug-likeness (QED) is 0.562. The number of nitrogens with zero attached hydrogens (tertiary/aromatic N) is 1. The number of rotatable bonds is 7. The van der Waals surface area contributed by atoms with Crippen LogP contribution in [0.15, 0.2) is 54.6 Å². The first-order valence-electron chi connectivity index (χ1n) is 8.05. The van der Waals surface area contributed by atoms with Gasteiger partial charge in [-0.15, -0.1) is 0 Å². The molecule has 0 saturated heterocycles. The van der Waals surface area contributed by atoms with Gasteiger partial charge in [0.2, 0.25) is 0 Å². The van der Waals surface area contributed by atoms with Gasteiger partial charge in [0.15, 0.2) is 5.78 Å². The van der Waals surface area contributed by atoms with E-state index in [1.54, 1.807) is 0 Å². The minimum Gasteiger partial charge on any atom is -0.475 e. The Morgan fingerprint density at radius 1 is 1.04 bits per heavy atom. The maximum absolute atomic E-state index is 12.8. The molecule has 0 saturated carbocycles. The van der Waals surface area contributed by atoms with Gasteiger partial charge in [-0.3, -0.25) is 9.69 Å². The molecular formula is C20H25NO2. The van der Waals surface area contributed by atoms with Crippen molar-refractivity contribution in [2.75, 3.05) is 14.1 Å². The molecule has 0 aliphatic carbocycles. The van der Waals surface area contributed by atoms with E-state index in [0.29, 0.717) is 0 Å². The number of carbonyl (C=O) groups is 1. The standard InChI is InChI=1S/C20H25NO2/c1-5-19(16-9-7-6-8-10-16)20(22)17-11-13-18(14-12-17)23-15(2)21(3)4/h6-15,19H,5H2,1-4H3/t15-,19?/m0/s1. The molecule has 2 aromatic rings. The summed E-state index contributed by atoms with van der Waals surface area (Å²) in [6.45, 7) is 4.04. The summed E-state index contributed by atoms with van der Waals surface area (Å²) in [5.74, 6) is 0.838. The number of hydrogen-bond acceptors (Lipinski definition) is 3. The Balaban J connectivity index is 2.13. The first-order chi connectivity index (χ1) is 11.0. The third-order valence-electron chi connectivity index (χ3n) is 4.10. The molecule has 0 bridgehead atoms. The zero-order valence-electron chi connectivity index (χ0n) is 14.3. The van der Waals surface area contributed by atoms with Gasteiger partial charge < -0.3 is 4.74 Å². The number of ether oxygens (including phenoxy) is 1. The lowest BCUT2D eigenvalue weighted by Crippen LogP contribution is -2.30. The van der Waals surface area contributed by atoms with Crippen molar-refractivity contribution in [3.8, 4) is 5.75 Å². The van der Waals surface area contributed by atoms with E-state index in [-0.39, 0.29) is 17.9 Å². The zero-order valence-corrected chi connectivity index (χ0v) is 14.3. The molecule has 3 nitrogen and oxygen atoms in total. The van der Waals surface area contributed by atoms with Gasteiger partial charge >= 0.3 is 0 Å². The van der Waals surface area contributed by atoms with Crippen molar-refractivity contribution in [1.82, 2.24) is 4.90 Å². The second kappa shape index (κ2) is 7.93. The van der Waals surface area contributed by atoms with Crippen molar-refractivity contribution in [3.63, 3.8) is 0 Å². The molecule has 0 spiro atoms. The Kier molecular flexibility index (Phi) is 5.94. The molecule has 3 heteroatoms. The number of benzene rings is 2. The molecule has 0 aliphatic heterocycles. The van der Waals surface area contributed by atoms with Crippen LogP contribution in [0.1, 0.15) is 42.1 Å². The summed E-state index contributed by atoms with van der Waals surface area (Å²) in [4.78, 5) is 14.8. The Morgan fingerprint density at radius 3 is 2.17 bits per heavy atom. The van der Waals surface area contributed by atoms with E-state index < -0.39 is 0 Å². The summed E-state index contributed by atoms with van der Waals surface area (Å²) in [5, 5.41) is 0. The molecule has 23 heavy (non-hydrogen) atoms. The van der Waals surface area contributed by atoms with Gasteiger partial charge in [0.25, 0.3) is 0 Å².